The number of aliphatic hydroxyl groups is 1. The lowest BCUT2D eigenvalue weighted by molar-refractivity contribution is -0.124. The number of rotatable bonds is 5. The second kappa shape index (κ2) is 5.59. The van der Waals surface area contributed by atoms with Crippen LogP contribution in [0.2, 0.25) is 0 Å². The molecule has 3 N–H and O–H groups in total. The lowest BCUT2D eigenvalue weighted by atomic mass is 9.89. The number of nitrogens with zero attached hydrogens (tertiary/aromatic N) is 1. The van der Waals surface area contributed by atoms with E-state index in [1.165, 1.54) is 18.3 Å². The van der Waals surface area contributed by atoms with E-state index in [-0.39, 0.29) is 23.9 Å². The molecule has 0 aromatic carbocycles. The summed E-state index contributed by atoms with van der Waals surface area (Å²) in [7, 11) is 0. The first-order chi connectivity index (χ1) is 8.36. The molecule has 6 heteroatoms. The van der Waals surface area contributed by atoms with Crippen molar-refractivity contribution in [2.24, 2.45) is 5.41 Å². The van der Waals surface area contributed by atoms with Gasteiger partial charge in [-0.15, -0.1) is 0 Å². The zero-order chi connectivity index (χ0) is 13.8. The monoisotopic (exact) mass is 252 g/mol. The third-order valence-electron chi connectivity index (χ3n) is 2.60. The summed E-state index contributed by atoms with van der Waals surface area (Å²) < 4.78 is 0. The summed E-state index contributed by atoms with van der Waals surface area (Å²) in [5, 5.41) is 20.1. The summed E-state index contributed by atoms with van der Waals surface area (Å²) in [6.45, 7) is 3.35. The van der Waals surface area contributed by atoms with E-state index in [1.54, 1.807) is 13.8 Å². The van der Waals surface area contributed by atoms with E-state index >= 15 is 0 Å². The van der Waals surface area contributed by atoms with Crippen molar-refractivity contribution in [2.45, 2.75) is 20.3 Å². The maximum Gasteiger partial charge on any atom is 0.337 e. The van der Waals surface area contributed by atoms with Gasteiger partial charge in [0, 0.05) is 18.2 Å². The standard InChI is InChI=1S/C12H16N2O4/c1-12(2,5-6-15)11(18)14-9-4-3-8(7-13-9)10(16)17/h3-4,7,15H,5-6H2,1-2H3,(H,16,17)(H,13,14,18). The first kappa shape index (κ1) is 14.1. The van der Waals surface area contributed by atoms with Crippen LogP contribution in [0.15, 0.2) is 18.3 Å². The topological polar surface area (TPSA) is 99.5 Å². The Morgan fingerprint density at radius 1 is 1.39 bits per heavy atom. The quantitative estimate of drug-likeness (QED) is 0.729. The fourth-order valence-electron chi connectivity index (χ4n) is 1.27. The van der Waals surface area contributed by atoms with Gasteiger partial charge in [-0.3, -0.25) is 4.79 Å². The number of aliphatic hydroxyl groups excluding tert-OH is 1. The molecule has 0 unspecified atom stereocenters. The number of aromatic carboxylic acids is 1. The van der Waals surface area contributed by atoms with Gasteiger partial charge in [-0.1, -0.05) is 13.8 Å². The molecular formula is C12H16N2O4. The van der Waals surface area contributed by atoms with Crippen molar-refractivity contribution in [1.29, 1.82) is 0 Å². The molecule has 0 spiro atoms. The number of anilines is 1. The van der Waals surface area contributed by atoms with Crippen molar-refractivity contribution < 1.29 is 19.8 Å². The molecule has 0 radical (unpaired) electrons. The molecule has 0 fully saturated rings. The Morgan fingerprint density at radius 3 is 2.50 bits per heavy atom. The second-order valence-electron chi connectivity index (χ2n) is 4.55. The minimum atomic E-state index is -1.07. The predicted molar refractivity (Wildman–Crippen MR) is 65.3 cm³/mol. The van der Waals surface area contributed by atoms with Crippen LogP contribution in [0.1, 0.15) is 30.6 Å². The van der Waals surface area contributed by atoms with Crippen LogP contribution in [-0.4, -0.2) is 33.7 Å². The van der Waals surface area contributed by atoms with E-state index < -0.39 is 11.4 Å². The molecular weight excluding hydrogens is 236 g/mol. The van der Waals surface area contributed by atoms with E-state index in [2.05, 4.69) is 10.3 Å². The third-order valence-corrected chi connectivity index (χ3v) is 2.60. The first-order valence-corrected chi connectivity index (χ1v) is 5.48. The number of carboxylic acids is 1. The maximum atomic E-state index is 11.9. The Labute approximate surface area is 105 Å². The average molecular weight is 252 g/mol. The molecule has 0 saturated carbocycles. The smallest absolute Gasteiger partial charge is 0.337 e. The van der Waals surface area contributed by atoms with Gasteiger partial charge in [0.05, 0.1) is 5.56 Å². The van der Waals surface area contributed by atoms with Crippen molar-refractivity contribution in [2.75, 3.05) is 11.9 Å². The molecule has 1 aromatic rings. The van der Waals surface area contributed by atoms with Gasteiger partial charge in [-0.05, 0) is 18.6 Å². The van der Waals surface area contributed by atoms with Crippen LogP contribution in [0.25, 0.3) is 0 Å². The molecule has 0 bridgehead atoms. The lowest BCUT2D eigenvalue weighted by Crippen LogP contribution is -2.31. The zero-order valence-corrected chi connectivity index (χ0v) is 10.3. The minimum absolute atomic E-state index is 0.0580. The Kier molecular flexibility index (Phi) is 4.38. The van der Waals surface area contributed by atoms with E-state index in [0.717, 1.165) is 0 Å². The molecule has 1 amide bonds. The fraction of sp³-hybridized carbons (Fsp3) is 0.417. The van der Waals surface area contributed by atoms with Gasteiger partial charge in [-0.25, -0.2) is 9.78 Å². The summed E-state index contributed by atoms with van der Waals surface area (Å²) in [5.41, 5.74) is -0.648. The number of hydrogen-bond acceptors (Lipinski definition) is 4. The molecule has 1 aromatic heterocycles. The summed E-state index contributed by atoms with van der Waals surface area (Å²) in [6.07, 6.45) is 1.52. The Hall–Kier alpha value is -1.95. The second-order valence-corrected chi connectivity index (χ2v) is 4.55. The van der Waals surface area contributed by atoms with E-state index in [1.807, 2.05) is 0 Å². The SMILES string of the molecule is CC(C)(CCO)C(=O)Nc1ccc(C(=O)O)cn1. The normalized spacial score (nSPS) is 11.1. The number of aromatic nitrogens is 1. The van der Waals surface area contributed by atoms with Crippen LogP contribution in [0.4, 0.5) is 5.82 Å². The molecule has 0 saturated heterocycles. The van der Waals surface area contributed by atoms with Crippen LogP contribution in [0.5, 0.6) is 0 Å². The number of hydrogen-bond donors (Lipinski definition) is 3. The van der Waals surface area contributed by atoms with E-state index in [4.69, 9.17) is 10.2 Å². The highest BCUT2D eigenvalue weighted by atomic mass is 16.4. The van der Waals surface area contributed by atoms with Crippen LogP contribution in [0.3, 0.4) is 0 Å². The van der Waals surface area contributed by atoms with E-state index in [9.17, 15) is 9.59 Å². The van der Waals surface area contributed by atoms with Crippen LogP contribution in [-0.2, 0) is 4.79 Å². The number of nitrogens with one attached hydrogen (secondary N) is 1. The third kappa shape index (κ3) is 3.53. The van der Waals surface area contributed by atoms with Crippen LogP contribution >= 0.6 is 0 Å². The zero-order valence-electron chi connectivity index (χ0n) is 10.3. The molecule has 98 valence electrons. The van der Waals surface area contributed by atoms with Gasteiger partial charge >= 0.3 is 5.97 Å². The van der Waals surface area contributed by atoms with Gasteiger partial charge in [0.25, 0.3) is 0 Å². The Balaban J connectivity index is 2.73. The highest BCUT2D eigenvalue weighted by Gasteiger charge is 2.27. The molecule has 18 heavy (non-hydrogen) atoms. The Morgan fingerprint density at radius 2 is 2.06 bits per heavy atom. The summed E-state index contributed by atoms with van der Waals surface area (Å²) in [5.74, 6) is -1.05. The van der Waals surface area contributed by atoms with Crippen molar-refractivity contribution in [3.63, 3.8) is 0 Å². The number of carboxylic acid groups (broad SMARTS) is 1. The number of amides is 1. The average Bonchev–Trinajstić information content (AvgIpc) is 2.29. The van der Waals surface area contributed by atoms with Crippen molar-refractivity contribution in [3.05, 3.63) is 23.9 Å². The largest absolute Gasteiger partial charge is 0.478 e. The lowest BCUT2D eigenvalue weighted by Gasteiger charge is -2.21. The predicted octanol–water partition coefficient (Wildman–Crippen LogP) is 1.13. The molecule has 6 nitrogen and oxygen atoms in total. The number of carbonyl (C=O) groups excluding carboxylic acids is 1. The van der Waals surface area contributed by atoms with Gasteiger partial charge in [0.2, 0.25) is 5.91 Å². The Bertz CT molecular complexity index is 440. The fourth-order valence-corrected chi connectivity index (χ4v) is 1.27. The molecule has 0 aliphatic carbocycles. The van der Waals surface area contributed by atoms with Crippen LogP contribution < -0.4 is 5.32 Å². The highest BCUT2D eigenvalue weighted by molar-refractivity contribution is 5.94. The molecule has 0 aliphatic rings. The van der Waals surface area contributed by atoms with Gasteiger partial charge in [-0.2, -0.15) is 0 Å². The van der Waals surface area contributed by atoms with Gasteiger partial charge < -0.3 is 15.5 Å². The van der Waals surface area contributed by atoms with Crippen molar-refractivity contribution in [1.82, 2.24) is 4.98 Å². The number of carbonyl (C=O) groups is 2. The summed E-state index contributed by atoms with van der Waals surface area (Å²) in [4.78, 5) is 26.3. The molecule has 0 atom stereocenters. The van der Waals surface area contributed by atoms with E-state index in [0.29, 0.717) is 6.42 Å². The molecule has 0 aliphatic heterocycles. The highest BCUT2D eigenvalue weighted by Crippen LogP contribution is 2.21. The van der Waals surface area contributed by atoms with Gasteiger partial charge in [0.15, 0.2) is 0 Å². The van der Waals surface area contributed by atoms with Gasteiger partial charge in [0.1, 0.15) is 5.82 Å². The maximum absolute atomic E-state index is 11.9. The first-order valence-electron chi connectivity index (χ1n) is 5.48. The molecule has 1 heterocycles. The van der Waals surface area contributed by atoms with Crippen molar-refractivity contribution in [3.8, 4) is 0 Å². The summed E-state index contributed by atoms with van der Waals surface area (Å²) >= 11 is 0. The number of pyridine rings is 1. The van der Waals surface area contributed by atoms with Crippen molar-refractivity contribution >= 4 is 17.7 Å². The minimum Gasteiger partial charge on any atom is -0.478 e. The molecule has 1 rings (SSSR count). The van der Waals surface area contributed by atoms with Crippen LogP contribution in [0, 0.1) is 5.41 Å². The summed E-state index contributed by atoms with van der Waals surface area (Å²) in [6, 6.07) is 2.79.